The Morgan fingerprint density at radius 1 is 1.43 bits per heavy atom. The normalized spacial score (nSPS) is 22.4. The fourth-order valence-corrected chi connectivity index (χ4v) is 1.92. The van der Waals surface area contributed by atoms with Gasteiger partial charge in [-0.2, -0.15) is 5.10 Å². The molecular formula is C9H14N4O. The van der Waals surface area contributed by atoms with E-state index in [4.69, 9.17) is 0 Å². The molecule has 1 aliphatic heterocycles. The van der Waals surface area contributed by atoms with Gasteiger partial charge in [0.1, 0.15) is 5.82 Å². The average Bonchev–Trinajstić information content (AvgIpc) is 2.85. The third kappa shape index (κ3) is 1.05. The highest BCUT2D eigenvalue weighted by atomic mass is 16.2. The Morgan fingerprint density at radius 2 is 2.14 bits per heavy atom. The molecule has 0 radical (unpaired) electrons. The molecule has 2 fully saturated rings. The first kappa shape index (κ1) is 8.23. The Labute approximate surface area is 81.7 Å². The quantitative estimate of drug-likeness (QED) is 0.697. The zero-order chi connectivity index (χ0) is 9.71. The lowest BCUT2D eigenvalue weighted by atomic mass is 10.1. The van der Waals surface area contributed by atoms with E-state index in [2.05, 4.69) is 10.4 Å². The van der Waals surface area contributed by atoms with Crippen molar-refractivity contribution in [3.63, 3.8) is 0 Å². The summed E-state index contributed by atoms with van der Waals surface area (Å²) in [6.07, 6.45) is 2.38. The van der Waals surface area contributed by atoms with E-state index in [9.17, 15) is 4.79 Å². The molecule has 1 saturated heterocycles. The largest absolute Gasteiger partial charge is 0.346 e. The second-order valence-corrected chi connectivity index (χ2v) is 4.22. The molecule has 14 heavy (non-hydrogen) atoms. The van der Waals surface area contributed by atoms with E-state index in [1.165, 1.54) is 17.5 Å². The van der Waals surface area contributed by atoms with Crippen molar-refractivity contribution in [1.82, 2.24) is 19.7 Å². The van der Waals surface area contributed by atoms with Gasteiger partial charge < -0.3 is 5.32 Å². The SMILES string of the molecule is Cn1nc(C2CC2)n(C2CNC2)c1=O. The van der Waals surface area contributed by atoms with Crippen LogP contribution in [0.1, 0.15) is 30.6 Å². The highest BCUT2D eigenvalue weighted by Gasteiger charge is 2.34. The molecule has 1 aliphatic carbocycles. The van der Waals surface area contributed by atoms with E-state index >= 15 is 0 Å². The molecule has 1 N–H and O–H groups in total. The Balaban J connectivity index is 2.08. The first-order valence-electron chi connectivity index (χ1n) is 5.13. The number of nitrogens with zero attached hydrogens (tertiary/aromatic N) is 3. The number of rotatable bonds is 2. The standard InChI is InChI=1S/C9H14N4O/c1-12-9(14)13(7-4-10-5-7)8(11-12)6-2-3-6/h6-7,10H,2-5H2,1H3. The maximum Gasteiger partial charge on any atom is 0.346 e. The Kier molecular flexibility index (Phi) is 1.58. The predicted molar refractivity (Wildman–Crippen MR) is 51.3 cm³/mol. The lowest BCUT2D eigenvalue weighted by molar-refractivity contribution is 0.327. The highest BCUT2D eigenvalue weighted by Crippen LogP contribution is 2.39. The first-order valence-corrected chi connectivity index (χ1v) is 5.13. The highest BCUT2D eigenvalue weighted by molar-refractivity contribution is 5.08. The monoisotopic (exact) mass is 194 g/mol. The molecule has 0 aromatic carbocycles. The van der Waals surface area contributed by atoms with E-state index < -0.39 is 0 Å². The van der Waals surface area contributed by atoms with Crippen LogP contribution in [-0.2, 0) is 7.05 Å². The van der Waals surface area contributed by atoms with E-state index in [1.54, 1.807) is 7.05 Å². The number of nitrogens with one attached hydrogen (secondary N) is 1. The van der Waals surface area contributed by atoms with Crippen LogP contribution in [0.3, 0.4) is 0 Å². The van der Waals surface area contributed by atoms with Crippen LogP contribution >= 0.6 is 0 Å². The van der Waals surface area contributed by atoms with Crippen LogP contribution in [0.4, 0.5) is 0 Å². The molecule has 0 bridgehead atoms. The predicted octanol–water partition coefficient (Wildman–Crippen LogP) is -0.397. The summed E-state index contributed by atoms with van der Waals surface area (Å²) in [5, 5.41) is 7.50. The molecule has 5 nitrogen and oxygen atoms in total. The molecular weight excluding hydrogens is 180 g/mol. The van der Waals surface area contributed by atoms with Crippen LogP contribution in [0.2, 0.25) is 0 Å². The van der Waals surface area contributed by atoms with Crippen LogP contribution in [-0.4, -0.2) is 27.4 Å². The van der Waals surface area contributed by atoms with Crippen molar-refractivity contribution < 1.29 is 0 Å². The number of aromatic nitrogens is 3. The van der Waals surface area contributed by atoms with Crippen molar-refractivity contribution in [2.45, 2.75) is 24.8 Å². The molecule has 1 aromatic rings. The minimum atomic E-state index is 0.0402. The summed E-state index contributed by atoms with van der Waals surface area (Å²) in [6.45, 7) is 1.82. The number of hydrogen-bond acceptors (Lipinski definition) is 3. The van der Waals surface area contributed by atoms with Gasteiger partial charge in [-0.3, -0.25) is 4.57 Å². The fraction of sp³-hybridized carbons (Fsp3) is 0.778. The maximum atomic E-state index is 11.8. The van der Waals surface area contributed by atoms with Gasteiger partial charge in [0, 0.05) is 26.1 Å². The Bertz CT molecular complexity index is 411. The molecule has 0 unspecified atom stereocenters. The topological polar surface area (TPSA) is 51.9 Å². The second-order valence-electron chi connectivity index (χ2n) is 4.22. The minimum absolute atomic E-state index is 0.0402. The van der Waals surface area contributed by atoms with Gasteiger partial charge in [0.15, 0.2) is 0 Å². The molecule has 76 valence electrons. The second kappa shape index (κ2) is 2.70. The minimum Gasteiger partial charge on any atom is -0.313 e. The molecule has 2 aliphatic rings. The summed E-state index contributed by atoms with van der Waals surface area (Å²) in [4.78, 5) is 11.8. The van der Waals surface area contributed by atoms with Crippen LogP contribution in [0.15, 0.2) is 4.79 Å². The molecule has 1 saturated carbocycles. The van der Waals surface area contributed by atoms with Crippen LogP contribution in [0, 0.1) is 0 Å². The molecule has 2 heterocycles. The first-order chi connectivity index (χ1) is 6.77. The Morgan fingerprint density at radius 3 is 2.64 bits per heavy atom. The molecule has 1 aromatic heterocycles. The smallest absolute Gasteiger partial charge is 0.313 e. The van der Waals surface area contributed by atoms with Crippen molar-refractivity contribution in [3.8, 4) is 0 Å². The average molecular weight is 194 g/mol. The fourth-order valence-electron chi connectivity index (χ4n) is 1.92. The zero-order valence-corrected chi connectivity index (χ0v) is 8.23. The van der Waals surface area contributed by atoms with Gasteiger partial charge in [0.05, 0.1) is 6.04 Å². The van der Waals surface area contributed by atoms with Crippen molar-refractivity contribution >= 4 is 0 Å². The number of hydrogen-bond donors (Lipinski definition) is 1. The van der Waals surface area contributed by atoms with Gasteiger partial charge in [0.2, 0.25) is 0 Å². The van der Waals surface area contributed by atoms with E-state index in [0.717, 1.165) is 18.9 Å². The molecule has 0 amide bonds. The van der Waals surface area contributed by atoms with Crippen molar-refractivity contribution in [2.75, 3.05) is 13.1 Å². The van der Waals surface area contributed by atoms with Gasteiger partial charge in [0.25, 0.3) is 0 Å². The van der Waals surface area contributed by atoms with Gasteiger partial charge in [-0.25, -0.2) is 9.48 Å². The van der Waals surface area contributed by atoms with E-state index in [0.29, 0.717) is 12.0 Å². The zero-order valence-electron chi connectivity index (χ0n) is 8.23. The van der Waals surface area contributed by atoms with Crippen LogP contribution in [0.25, 0.3) is 0 Å². The number of aryl methyl sites for hydroxylation is 1. The van der Waals surface area contributed by atoms with E-state index in [1.807, 2.05) is 4.57 Å². The van der Waals surface area contributed by atoms with Crippen molar-refractivity contribution in [1.29, 1.82) is 0 Å². The summed E-state index contributed by atoms with van der Waals surface area (Å²) in [5.74, 6) is 1.55. The summed E-state index contributed by atoms with van der Waals surface area (Å²) in [5.41, 5.74) is 0.0402. The van der Waals surface area contributed by atoms with E-state index in [-0.39, 0.29) is 5.69 Å². The van der Waals surface area contributed by atoms with Gasteiger partial charge in [-0.15, -0.1) is 0 Å². The maximum absolute atomic E-state index is 11.8. The molecule has 5 heteroatoms. The van der Waals surface area contributed by atoms with Crippen molar-refractivity contribution in [2.24, 2.45) is 7.05 Å². The third-order valence-electron chi connectivity index (χ3n) is 3.05. The van der Waals surface area contributed by atoms with Crippen LogP contribution < -0.4 is 11.0 Å². The van der Waals surface area contributed by atoms with Gasteiger partial charge >= 0.3 is 5.69 Å². The summed E-state index contributed by atoms with van der Waals surface area (Å²) >= 11 is 0. The summed E-state index contributed by atoms with van der Waals surface area (Å²) in [6, 6.07) is 0.340. The summed E-state index contributed by atoms with van der Waals surface area (Å²) in [7, 11) is 1.73. The van der Waals surface area contributed by atoms with Crippen molar-refractivity contribution in [3.05, 3.63) is 16.3 Å². The van der Waals surface area contributed by atoms with Crippen LogP contribution in [0.5, 0.6) is 0 Å². The third-order valence-corrected chi connectivity index (χ3v) is 3.05. The molecule has 3 rings (SSSR count). The van der Waals surface area contributed by atoms with Gasteiger partial charge in [-0.1, -0.05) is 0 Å². The summed E-state index contributed by atoms with van der Waals surface area (Å²) < 4.78 is 3.35. The molecule has 0 spiro atoms. The lowest BCUT2D eigenvalue weighted by Crippen LogP contribution is -2.47. The Hall–Kier alpha value is -1.10. The molecule has 0 atom stereocenters. The lowest BCUT2D eigenvalue weighted by Gasteiger charge is -2.28. The van der Waals surface area contributed by atoms with Gasteiger partial charge in [-0.05, 0) is 12.8 Å².